The minimum Gasteiger partial charge on any atom is -0.382 e. The van der Waals surface area contributed by atoms with Crippen LogP contribution in [0.4, 0.5) is 0 Å². The first-order valence-corrected chi connectivity index (χ1v) is 8.79. The van der Waals surface area contributed by atoms with Crippen LogP contribution in [0.25, 0.3) is 0 Å². The standard InChI is InChI=1S/C16H30BrN3O/c1-6-10-18-13(9-8-12(3)21-5)11-15-16(17)14(7-2)19-20(15)4/h12-13,18H,6-11H2,1-5H3. The van der Waals surface area contributed by atoms with Crippen molar-refractivity contribution in [1.82, 2.24) is 15.1 Å². The first kappa shape index (κ1) is 18.7. The highest BCUT2D eigenvalue weighted by Gasteiger charge is 2.18. The second-order valence-electron chi connectivity index (χ2n) is 5.66. The molecule has 1 N–H and O–H groups in total. The van der Waals surface area contributed by atoms with Crippen molar-refractivity contribution < 1.29 is 4.74 Å². The molecule has 1 rings (SSSR count). The number of methoxy groups -OCH3 is 1. The maximum absolute atomic E-state index is 5.37. The van der Waals surface area contributed by atoms with Crippen LogP contribution in [-0.2, 0) is 24.6 Å². The predicted molar refractivity (Wildman–Crippen MR) is 91.8 cm³/mol. The van der Waals surface area contributed by atoms with Gasteiger partial charge in [0.15, 0.2) is 0 Å². The number of hydrogen-bond acceptors (Lipinski definition) is 3. The van der Waals surface area contributed by atoms with Gasteiger partial charge in [-0.15, -0.1) is 0 Å². The Kier molecular flexibility index (Phi) is 8.52. The maximum Gasteiger partial charge on any atom is 0.0766 e. The smallest absolute Gasteiger partial charge is 0.0766 e. The molecule has 0 radical (unpaired) electrons. The average Bonchev–Trinajstić information content (AvgIpc) is 2.76. The van der Waals surface area contributed by atoms with Crippen molar-refractivity contribution in [1.29, 1.82) is 0 Å². The lowest BCUT2D eigenvalue weighted by molar-refractivity contribution is 0.106. The number of aryl methyl sites for hydroxylation is 2. The van der Waals surface area contributed by atoms with E-state index in [0.717, 1.165) is 44.3 Å². The molecule has 0 saturated carbocycles. The Labute approximate surface area is 137 Å². The Hall–Kier alpha value is -0.390. The molecule has 0 aliphatic rings. The summed E-state index contributed by atoms with van der Waals surface area (Å²) in [6.45, 7) is 7.54. The minimum atomic E-state index is 0.317. The third-order valence-electron chi connectivity index (χ3n) is 3.95. The number of ether oxygens (including phenoxy) is 1. The maximum atomic E-state index is 5.37. The highest BCUT2D eigenvalue weighted by Crippen LogP contribution is 2.23. The predicted octanol–water partition coefficient (Wildman–Crippen LogP) is 3.47. The van der Waals surface area contributed by atoms with E-state index in [1.807, 2.05) is 11.7 Å². The second-order valence-corrected chi connectivity index (χ2v) is 6.46. The summed E-state index contributed by atoms with van der Waals surface area (Å²) in [6.07, 6.45) is 5.63. The first-order valence-electron chi connectivity index (χ1n) is 7.99. The van der Waals surface area contributed by atoms with Crippen molar-refractivity contribution in [3.8, 4) is 0 Å². The normalized spacial score (nSPS) is 14.4. The fourth-order valence-corrected chi connectivity index (χ4v) is 3.23. The summed E-state index contributed by atoms with van der Waals surface area (Å²) in [4.78, 5) is 0. The molecule has 2 atom stereocenters. The SMILES string of the molecule is CCCNC(CCC(C)OC)Cc1c(Br)c(CC)nn1C. The van der Waals surface area contributed by atoms with Gasteiger partial charge in [0.05, 0.1) is 22.0 Å². The van der Waals surface area contributed by atoms with Gasteiger partial charge in [-0.1, -0.05) is 13.8 Å². The van der Waals surface area contributed by atoms with Crippen LogP contribution in [0.15, 0.2) is 4.47 Å². The van der Waals surface area contributed by atoms with Crippen molar-refractivity contribution in [2.45, 2.75) is 65.0 Å². The molecular formula is C16H30BrN3O. The number of rotatable bonds is 10. The third kappa shape index (κ3) is 5.72. The van der Waals surface area contributed by atoms with Gasteiger partial charge in [0, 0.05) is 26.6 Å². The molecule has 0 spiro atoms. The number of halogens is 1. The van der Waals surface area contributed by atoms with Gasteiger partial charge in [0.1, 0.15) is 0 Å². The molecule has 0 aromatic carbocycles. The Bertz CT molecular complexity index is 420. The molecule has 4 nitrogen and oxygen atoms in total. The summed E-state index contributed by atoms with van der Waals surface area (Å²) < 4.78 is 8.56. The third-order valence-corrected chi connectivity index (χ3v) is 4.87. The van der Waals surface area contributed by atoms with E-state index in [9.17, 15) is 0 Å². The van der Waals surface area contributed by atoms with Gasteiger partial charge in [0.25, 0.3) is 0 Å². The van der Waals surface area contributed by atoms with E-state index in [-0.39, 0.29) is 0 Å². The summed E-state index contributed by atoms with van der Waals surface area (Å²) in [5.41, 5.74) is 2.43. The van der Waals surface area contributed by atoms with Crippen molar-refractivity contribution in [2.24, 2.45) is 7.05 Å². The van der Waals surface area contributed by atoms with Crippen molar-refractivity contribution in [3.63, 3.8) is 0 Å². The van der Waals surface area contributed by atoms with E-state index in [0.29, 0.717) is 12.1 Å². The number of hydrogen-bond donors (Lipinski definition) is 1. The molecule has 0 aliphatic carbocycles. The quantitative estimate of drug-likeness (QED) is 0.694. The number of nitrogens with zero attached hydrogens (tertiary/aromatic N) is 2. The topological polar surface area (TPSA) is 39.1 Å². The zero-order valence-electron chi connectivity index (χ0n) is 14.1. The highest BCUT2D eigenvalue weighted by molar-refractivity contribution is 9.10. The molecule has 1 aromatic rings. The zero-order valence-corrected chi connectivity index (χ0v) is 15.7. The van der Waals surface area contributed by atoms with Crippen LogP contribution < -0.4 is 5.32 Å². The molecule has 0 saturated heterocycles. The van der Waals surface area contributed by atoms with Crippen LogP contribution in [0, 0.1) is 0 Å². The summed E-state index contributed by atoms with van der Waals surface area (Å²) in [6, 6.07) is 0.471. The zero-order chi connectivity index (χ0) is 15.8. The van der Waals surface area contributed by atoms with Crippen molar-refractivity contribution in [3.05, 3.63) is 15.9 Å². The molecule has 0 bridgehead atoms. The fraction of sp³-hybridized carbons (Fsp3) is 0.812. The molecule has 0 aliphatic heterocycles. The van der Waals surface area contributed by atoms with Gasteiger partial charge in [-0.05, 0) is 55.1 Å². The molecule has 122 valence electrons. The van der Waals surface area contributed by atoms with E-state index in [1.165, 1.54) is 10.2 Å². The van der Waals surface area contributed by atoms with E-state index in [2.05, 4.69) is 47.1 Å². The Morgan fingerprint density at radius 3 is 2.57 bits per heavy atom. The van der Waals surface area contributed by atoms with Crippen LogP contribution in [0.3, 0.4) is 0 Å². The van der Waals surface area contributed by atoms with E-state index < -0.39 is 0 Å². The lowest BCUT2D eigenvalue weighted by Crippen LogP contribution is -2.33. The number of nitrogens with one attached hydrogen (secondary N) is 1. The van der Waals surface area contributed by atoms with Gasteiger partial charge < -0.3 is 10.1 Å². The van der Waals surface area contributed by atoms with Crippen LogP contribution >= 0.6 is 15.9 Å². The van der Waals surface area contributed by atoms with E-state index in [1.54, 1.807) is 7.11 Å². The molecular weight excluding hydrogens is 330 g/mol. The highest BCUT2D eigenvalue weighted by atomic mass is 79.9. The summed E-state index contributed by atoms with van der Waals surface area (Å²) in [7, 11) is 3.82. The van der Waals surface area contributed by atoms with Gasteiger partial charge in [-0.3, -0.25) is 4.68 Å². The molecule has 1 heterocycles. The molecule has 0 amide bonds. The molecule has 2 unspecified atom stereocenters. The van der Waals surface area contributed by atoms with Gasteiger partial charge in [0.2, 0.25) is 0 Å². The van der Waals surface area contributed by atoms with Crippen LogP contribution in [0.2, 0.25) is 0 Å². The molecule has 5 heteroatoms. The largest absolute Gasteiger partial charge is 0.382 e. The number of aromatic nitrogens is 2. The lowest BCUT2D eigenvalue weighted by Gasteiger charge is -2.20. The summed E-state index contributed by atoms with van der Waals surface area (Å²) >= 11 is 3.72. The Morgan fingerprint density at radius 1 is 1.33 bits per heavy atom. The van der Waals surface area contributed by atoms with Gasteiger partial charge in [-0.2, -0.15) is 5.10 Å². The summed E-state index contributed by atoms with van der Waals surface area (Å²) in [5, 5.41) is 8.25. The van der Waals surface area contributed by atoms with Gasteiger partial charge >= 0.3 is 0 Å². The molecule has 0 fully saturated rings. The van der Waals surface area contributed by atoms with Crippen LogP contribution in [0.1, 0.15) is 51.4 Å². The lowest BCUT2D eigenvalue weighted by atomic mass is 10.0. The second kappa shape index (κ2) is 9.59. The Morgan fingerprint density at radius 2 is 2.05 bits per heavy atom. The Balaban J connectivity index is 2.73. The average molecular weight is 360 g/mol. The van der Waals surface area contributed by atoms with E-state index >= 15 is 0 Å². The molecule has 1 aromatic heterocycles. The van der Waals surface area contributed by atoms with Gasteiger partial charge in [-0.25, -0.2) is 0 Å². The van der Waals surface area contributed by atoms with E-state index in [4.69, 9.17) is 4.74 Å². The first-order chi connectivity index (χ1) is 10.0. The van der Waals surface area contributed by atoms with Crippen LogP contribution in [-0.4, -0.2) is 35.6 Å². The summed E-state index contributed by atoms with van der Waals surface area (Å²) in [5.74, 6) is 0. The monoisotopic (exact) mass is 359 g/mol. The minimum absolute atomic E-state index is 0.317. The molecule has 21 heavy (non-hydrogen) atoms. The van der Waals surface area contributed by atoms with Crippen LogP contribution in [0.5, 0.6) is 0 Å². The fourth-order valence-electron chi connectivity index (χ4n) is 2.45. The van der Waals surface area contributed by atoms with Crippen molar-refractivity contribution in [2.75, 3.05) is 13.7 Å². The van der Waals surface area contributed by atoms with Crippen molar-refractivity contribution >= 4 is 15.9 Å².